The van der Waals surface area contributed by atoms with Crippen molar-refractivity contribution in [3.8, 4) is 0 Å². The predicted molar refractivity (Wildman–Crippen MR) is 92.8 cm³/mol. The standard InChI is InChI=1S/C17H30O13/c1-24-8-5-26-17(25-2)14(30-16-12(23)10(21)7(4-19)28-16)13(8)29-15-11(22)9(20)6(3-18)27-15/h6-23H,3-5H2,1-2H3/t6?,7?,8-,9?,10?,11-,12-,13?,14?,15?,16?,17-/m1/s1. The summed E-state index contributed by atoms with van der Waals surface area (Å²) >= 11 is 0. The molecule has 176 valence electrons. The Bertz CT molecular complexity index is 492. The van der Waals surface area contributed by atoms with Gasteiger partial charge in [0, 0.05) is 14.2 Å². The average molecular weight is 442 g/mol. The molecule has 0 aromatic carbocycles. The van der Waals surface area contributed by atoms with E-state index in [2.05, 4.69) is 0 Å². The first kappa shape index (κ1) is 24.1. The number of aliphatic hydroxyl groups excluding tert-OH is 6. The van der Waals surface area contributed by atoms with Crippen molar-refractivity contribution >= 4 is 0 Å². The van der Waals surface area contributed by atoms with Gasteiger partial charge in [-0.25, -0.2) is 0 Å². The molecule has 0 aromatic rings. The number of hydrogen-bond acceptors (Lipinski definition) is 13. The number of rotatable bonds is 8. The Morgan fingerprint density at radius 1 is 0.700 bits per heavy atom. The number of hydrogen-bond donors (Lipinski definition) is 6. The number of ether oxygens (including phenoxy) is 7. The van der Waals surface area contributed by atoms with E-state index in [1.54, 1.807) is 0 Å². The fourth-order valence-corrected chi connectivity index (χ4v) is 3.72. The Morgan fingerprint density at radius 2 is 1.20 bits per heavy atom. The summed E-state index contributed by atoms with van der Waals surface area (Å²) in [6, 6.07) is 0. The third-order valence-electron chi connectivity index (χ3n) is 5.50. The molecule has 3 aliphatic rings. The van der Waals surface area contributed by atoms with Gasteiger partial charge in [0.05, 0.1) is 19.8 Å². The van der Waals surface area contributed by atoms with Crippen LogP contribution in [0.2, 0.25) is 0 Å². The van der Waals surface area contributed by atoms with Gasteiger partial charge >= 0.3 is 0 Å². The van der Waals surface area contributed by atoms with Crippen LogP contribution in [0.1, 0.15) is 0 Å². The van der Waals surface area contributed by atoms with E-state index in [1.165, 1.54) is 14.2 Å². The lowest BCUT2D eigenvalue weighted by Gasteiger charge is -2.42. The van der Waals surface area contributed by atoms with E-state index in [0.717, 1.165) is 0 Å². The van der Waals surface area contributed by atoms with Crippen LogP contribution in [-0.2, 0) is 33.2 Å². The third-order valence-corrected chi connectivity index (χ3v) is 5.50. The minimum Gasteiger partial charge on any atom is -0.394 e. The summed E-state index contributed by atoms with van der Waals surface area (Å²) in [5.41, 5.74) is 0. The number of aliphatic hydroxyl groups is 6. The van der Waals surface area contributed by atoms with Gasteiger partial charge in [-0.05, 0) is 0 Å². The van der Waals surface area contributed by atoms with Gasteiger partial charge in [-0.3, -0.25) is 0 Å². The summed E-state index contributed by atoms with van der Waals surface area (Å²) in [5.74, 6) is 0. The van der Waals surface area contributed by atoms with Crippen LogP contribution in [-0.4, -0.2) is 138 Å². The highest BCUT2D eigenvalue weighted by Crippen LogP contribution is 2.32. The predicted octanol–water partition coefficient (Wildman–Crippen LogP) is -4.35. The monoisotopic (exact) mass is 442 g/mol. The van der Waals surface area contributed by atoms with Gasteiger partial charge in [0.25, 0.3) is 0 Å². The van der Waals surface area contributed by atoms with E-state index in [0.29, 0.717) is 0 Å². The van der Waals surface area contributed by atoms with E-state index in [-0.39, 0.29) is 6.61 Å². The zero-order chi connectivity index (χ0) is 22.0. The van der Waals surface area contributed by atoms with E-state index in [4.69, 9.17) is 33.2 Å². The molecule has 3 rings (SSSR count). The van der Waals surface area contributed by atoms with Crippen molar-refractivity contribution in [2.45, 2.75) is 73.8 Å². The Labute approximate surface area is 172 Å². The summed E-state index contributed by atoms with van der Waals surface area (Å²) in [4.78, 5) is 0. The van der Waals surface area contributed by atoms with Crippen LogP contribution < -0.4 is 0 Å². The molecule has 13 nitrogen and oxygen atoms in total. The van der Waals surface area contributed by atoms with Crippen LogP contribution in [0.5, 0.6) is 0 Å². The third kappa shape index (κ3) is 4.63. The van der Waals surface area contributed by atoms with Crippen LogP contribution in [0.15, 0.2) is 0 Å². The van der Waals surface area contributed by atoms with Gasteiger partial charge in [-0.15, -0.1) is 0 Å². The van der Waals surface area contributed by atoms with E-state index in [1.807, 2.05) is 0 Å². The number of methoxy groups -OCH3 is 2. The molecule has 0 aromatic heterocycles. The second kappa shape index (κ2) is 10.4. The molecule has 0 bridgehead atoms. The SMILES string of the molecule is CO[C@@H]1OC[C@@H](OC)C(OC2OC(CO)C(O)[C@H]2O)C1OC1OC(CO)C(O)[C@H]1O. The van der Waals surface area contributed by atoms with Crippen molar-refractivity contribution in [3.63, 3.8) is 0 Å². The van der Waals surface area contributed by atoms with E-state index in [9.17, 15) is 30.6 Å². The molecule has 13 heteroatoms. The van der Waals surface area contributed by atoms with Crippen LogP contribution in [0.25, 0.3) is 0 Å². The van der Waals surface area contributed by atoms with Crippen molar-refractivity contribution in [1.82, 2.24) is 0 Å². The lowest BCUT2D eigenvalue weighted by molar-refractivity contribution is -0.340. The van der Waals surface area contributed by atoms with Gasteiger partial charge in [-0.1, -0.05) is 0 Å². The normalized spacial score (nSPS) is 49.6. The first-order chi connectivity index (χ1) is 14.4. The van der Waals surface area contributed by atoms with E-state index < -0.39 is 87.0 Å². The topological polar surface area (TPSA) is 186 Å². The van der Waals surface area contributed by atoms with Crippen molar-refractivity contribution in [2.24, 2.45) is 0 Å². The van der Waals surface area contributed by atoms with Crippen LogP contribution in [0, 0.1) is 0 Å². The molecule has 3 aliphatic heterocycles. The lowest BCUT2D eigenvalue weighted by atomic mass is 10.0. The maximum atomic E-state index is 10.2. The fourth-order valence-electron chi connectivity index (χ4n) is 3.72. The summed E-state index contributed by atoms with van der Waals surface area (Å²) in [6.45, 7) is -1.02. The van der Waals surface area contributed by atoms with Crippen molar-refractivity contribution in [2.75, 3.05) is 34.0 Å². The highest BCUT2D eigenvalue weighted by Gasteiger charge is 2.52. The minimum absolute atomic E-state index is 0.0320. The maximum absolute atomic E-state index is 10.2. The van der Waals surface area contributed by atoms with Gasteiger partial charge in [-0.2, -0.15) is 0 Å². The second-order valence-electron chi connectivity index (χ2n) is 7.33. The highest BCUT2D eigenvalue weighted by molar-refractivity contribution is 4.93. The van der Waals surface area contributed by atoms with Gasteiger partial charge < -0.3 is 63.8 Å². The molecule has 0 radical (unpaired) electrons. The van der Waals surface area contributed by atoms with Crippen LogP contribution in [0.3, 0.4) is 0 Å². The van der Waals surface area contributed by atoms with Gasteiger partial charge in [0.15, 0.2) is 18.9 Å². The average Bonchev–Trinajstić information content (AvgIpc) is 3.19. The minimum atomic E-state index is -1.46. The zero-order valence-corrected chi connectivity index (χ0v) is 16.6. The summed E-state index contributed by atoms with van der Waals surface area (Å²) < 4.78 is 38.6. The molecular weight excluding hydrogens is 412 g/mol. The quantitative estimate of drug-likeness (QED) is 0.212. The van der Waals surface area contributed by atoms with Crippen molar-refractivity contribution in [1.29, 1.82) is 0 Å². The zero-order valence-electron chi connectivity index (χ0n) is 16.6. The van der Waals surface area contributed by atoms with Crippen LogP contribution >= 0.6 is 0 Å². The molecular formula is C17H30O13. The Balaban J connectivity index is 1.78. The molecule has 3 heterocycles. The second-order valence-corrected chi connectivity index (χ2v) is 7.33. The summed E-state index contributed by atoms with van der Waals surface area (Å²) in [5, 5.41) is 58.9. The molecule has 3 fully saturated rings. The summed E-state index contributed by atoms with van der Waals surface area (Å²) in [7, 11) is 2.76. The van der Waals surface area contributed by atoms with Gasteiger partial charge in [0.1, 0.15) is 54.9 Å². The fraction of sp³-hybridized carbons (Fsp3) is 1.00. The Kier molecular flexibility index (Phi) is 8.36. The Morgan fingerprint density at radius 3 is 1.60 bits per heavy atom. The molecule has 0 spiro atoms. The smallest absolute Gasteiger partial charge is 0.187 e. The molecule has 0 amide bonds. The first-order valence-electron chi connectivity index (χ1n) is 9.59. The van der Waals surface area contributed by atoms with Crippen molar-refractivity contribution in [3.05, 3.63) is 0 Å². The maximum Gasteiger partial charge on any atom is 0.187 e. The lowest BCUT2D eigenvalue weighted by Crippen LogP contribution is -2.59. The van der Waals surface area contributed by atoms with Crippen LogP contribution in [0.4, 0.5) is 0 Å². The van der Waals surface area contributed by atoms with E-state index >= 15 is 0 Å². The molecule has 3 saturated heterocycles. The molecule has 0 saturated carbocycles. The Hall–Kier alpha value is -0.520. The molecule has 8 unspecified atom stereocenters. The molecule has 30 heavy (non-hydrogen) atoms. The first-order valence-corrected chi connectivity index (χ1v) is 9.59. The highest BCUT2D eigenvalue weighted by atomic mass is 16.8. The summed E-state index contributed by atoms with van der Waals surface area (Å²) in [6.07, 6.45) is -14.2. The molecule has 0 aliphatic carbocycles. The van der Waals surface area contributed by atoms with Crippen molar-refractivity contribution < 1.29 is 63.8 Å². The largest absolute Gasteiger partial charge is 0.394 e. The molecule has 6 N–H and O–H groups in total. The molecule has 12 atom stereocenters. The van der Waals surface area contributed by atoms with Gasteiger partial charge in [0.2, 0.25) is 0 Å².